The van der Waals surface area contributed by atoms with Crippen LogP contribution in [-0.4, -0.2) is 35.8 Å². The fourth-order valence-corrected chi connectivity index (χ4v) is 4.43. The van der Waals surface area contributed by atoms with Gasteiger partial charge in [-0.3, -0.25) is 14.5 Å². The smallest absolute Gasteiger partial charge is 0.263 e. The van der Waals surface area contributed by atoms with Gasteiger partial charge in [-0.15, -0.1) is 0 Å². The number of imidazole rings is 1. The Hall–Kier alpha value is -3.46. The van der Waals surface area contributed by atoms with E-state index in [9.17, 15) is 13.2 Å². The van der Waals surface area contributed by atoms with E-state index in [1.54, 1.807) is 31.3 Å². The molecule has 2 heterocycles. The van der Waals surface area contributed by atoms with Crippen molar-refractivity contribution >= 4 is 27.5 Å². The highest BCUT2D eigenvalue weighted by Crippen LogP contribution is 2.22. The Morgan fingerprint density at radius 2 is 1.93 bits per heavy atom. The molecule has 0 saturated heterocycles. The van der Waals surface area contributed by atoms with Crippen molar-refractivity contribution in [1.29, 1.82) is 0 Å². The monoisotopic (exact) mass is 423 g/mol. The first-order valence-corrected chi connectivity index (χ1v) is 10.9. The first kappa shape index (κ1) is 19.8. The number of nitrogens with zero attached hydrogens (tertiary/aromatic N) is 3. The van der Waals surface area contributed by atoms with Gasteiger partial charge in [0.25, 0.3) is 10.0 Å². The minimum absolute atomic E-state index is 0.167. The number of aryl methyl sites for hydroxylation is 1. The maximum atomic E-state index is 12.6. The number of hydrogen-bond acceptors (Lipinski definition) is 5. The Morgan fingerprint density at radius 3 is 2.63 bits per heavy atom. The minimum atomic E-state index is -3.63. The Labute approximate surface area is 174 Å². The average Bonchev–Trinajstić information content (AvgIpc) is 3.24. The van der Waals surface area contributed by atoms with Crippen LogP contribution in [0.3, 0.4) is 0 Å². The molecule has 154 valence electrons. The zero-order valence-corrected chi connectivity index (χ0v) is 17.3. The van der Waals surface area contributed by atoms with Crippen LogP contribution < -0.4 is 10.0 Å². The summed E-state index contributed by atoms with van der Waals surface area (Å²) in [7, 11) is -3.63. The van der Waals surface area contributed by atoms with Crippen molar-refractivity contribution in [3.05, 3.63) is 77.9 Å². The van der Waals surface area contributed by atoms with Crippen molar-refractivity contribution < 1.29 is 13.2 Å². The number of carbonyl (C=O) groups excluding carboxylic acids is 1. The summed E-state index contributed by atoms with van der Waals surface area (Å²) in [6.45, 7) is 4.26. The number of amidine groups is 1. The largest absolute Gasteiger partial charge is 0.331 e. The van der Waals surface area contributed by atoms with Gasteiger partial charge in [0.05, 0.1) is 4.90 Å². The van der Waals surface area contributed by atoms with Crippen LogP contribution in [0.1, 0.15) is 23.9 Å². The predicted octanol–water partition coefficient (Wildman–Crippen LogP) is 2.31. The van der Waals surface area contributed by atoms with Crippen molar-refractivity contribution in [2.75, 3.05) is 5.32 Å². The minimum Gasteiger partial charge on any atom is -0.331 e. The number of fused-ring (bicyclic) bond motifs is 1. The standard InChI is InChI=1S/C21H21N5O3S/c1-14(23-20-18-5-3-4-6-19(18)30(28,29)25-20)21(27)24-17-9-7-16(8-10-17)13-26-12-11-22-15(26)2/h3-12,14H,13H2,1-2H3,(H,23,25)(H,24,27)/t14-/m0/s1. The quantitative estimate of drug-likeness (QED) is 0.657. The van der Waals surface area contributed by atoms with Crippen molar-refractivity contribution in [3.8, 4) is 0 Å². The lowest BCUT2D eigenvalue weighted by Gasteiger charge is -2.11. The van der Waals surface area contributed by atoms with E-state index >= 15 is 0 Å². The highest BCUT2D eigenvalue weighted by molar-refractivity contribution is 7.90. The normalized spacial score (nSPS) is 16.7. The number of anilines is 1. The third-order valence-electron chi connectivity index (χ3n) is 4.86. The Morgan fingerprint density at radius 1 is 1.20 bits per heavy atom. The summed E-state index contributed by atoms with van der Waals surface area (Å²) in [6.07, 6.45) is 3.68. The van der Waals surface area contributed by atoms with Gasteiger partial charge in [0.1, 0.15) is 17.7 Å². The van der Waals surface area contributed by atoms with E-state index in [0.717, 1.165) is 11.4 Å². The molecule has 0 radical (unpaired) electrons. The van der Waals surface area contributed by atoms with E-state index in [0.29, 0.717) is 17.8 Å². The molecule has 1 atom stereocenters. The van der Waals surface area contributed by atoms with Gasteiger partial charge in [0.15, 0.2) is 0 Å². The molecule has 0 bridgehead atoms. The molecule has 0 fully saturated rings. The molecule has 3 aromatic rings. The number of sulfonamides is 1. The van der Waals surface area contributed by atoms with E-state index < -0.39 is 16.1 Å². The summed E-state index contributed by atoms with van der Waals surface area (Å²) >= 11 is 0. The van der Waals surface area contributed by atoms with Crippen LogP contribution >= 0.6 is 0 Å². The summed E-state index contributed by atoms with van der Waals surface area (Å²) in [5, 5.41) is 2.82. The molecule has 4 rings (SSSR count). The molecule has 1 aromatic heterocycles. The number of amides is 1. The van der Waals surface area contributed by atoms with Gasteiger partial charge in [-0.25, -0.2) is 13.4 Å². The molecular weight excluding hydrogens is 402 g/mol. The molecule has 9 heteroatoms. The summed E-state index contributed by atoms with van der Waals surface area (Å²) in [6, 6.07) is 13.3. The summed E-state index contributed by atoms with van der Waals surface area (Å²) in [5.41, 5.74) is 2.20. The lowest BCUT2D eigenvalue weighted by molar-refractivity contribution is -0.117. The van der Waals surface area contributed by atoms with Gasteiger partial charge in [-0.1, -0.05) is 24.3 Å². The lowest BCUT2D eigenvalue weighted by atomic mass is 10.2. The molecule has 1 aliphatic rings. The maximum Gasteiger partial charge on any atom is 0.263 e. The van der Waals surface area contributed by atoms with E-state index in [4.69, 9.17) is 0 Å². The summed E-state index contributed by atoms with van der Waals surface area (Å²) < 4.78 is 28.8. The van der Waals surface area contributed by atoms with Crippen LogP contribution in [0.25, 0.3) is 0 Å². The van der Waals surface area contributed by atoms with E-state index in [-0.39, 0.29) is 16.6 Å². The predicted molar refractivity (Wildman–Crippen MR) is 114 cm³/mol. The van der Waals surface area contributed by atoms with E-state index in [2.05, 4.69) is 20.0 Å². The van der Waals surface area contributed by atoms with Crippen molar-refractivity contribution in [2.24, 2.45) is 4.99 Å². The average molecular weight is 423 g/mol. The second-order valence-corrected chi connectivity index (χ2v) is 8.69. The SMILES string of the molecule is Cc1nccn1Cc1ccc(NC(=O)[C@H](C)N=C2NS(=O)(=O)c3ccccc32)cc1. The van der Waals surface area contributed by atoms with Crippen LogP contribution in [0, 0.1) is 6.92 Å². The number of rotatable bonds is 5. The molecule has 0 saturated carbocycles. The lowest BCUT2D eigenvalue weighted by Crippen LogP contribution is -2.28. The highest BCUT2D eigenvalue weighted by Gasteiger charge is 2.31. The van der Waals surface area contributed by atoms with Gasteiger partial charge in [-0.05, 0) is 43.7 Å². The van der Waals surface area contributed by atoms with E-state index in [1.807, 2.05) is 42.0 Å². The fourth-order valence-electron chi connectivity index (χ4n) is 3.19. The number of carbonyl (C=O) groups is 1. The molecule has 30 heavy (non-hydrogen) atoms. The zero-order valence-electron chi connectivity index (χ0n) is 16.5. The van der Waals surface area contributed by atoms with Gasteiger partial charge < -0.3 is 9.88 Å². The number of hydrogen-bond donors (Lipinski definition) is 2. The second-order valence-electron chi connectivity index (χ2n) is 7.04. The molecule has 0 unspecified atom stereocenters. The van der Waals surface area contributed by atoms with Crippen LogP contribution in [0.5, 0.6) is 0 Å². The van der Waals surface area contributed by atoms with Crippen LogP contribution in [0.4, 0.5) is 5.69 Å². The molecule has 2 aromatic carbocycles. The van der Waals surface area contributed by atoms with Crippen LogP contribution in [0.2, 0.25) is 0 Å². The maximum absolute atomic E-state index is 12.6. The van der Waals surface area contributed by atoms with Gasteiger partial charge in [0, 0.05) is 30.2 Å². The number of nitrogens with one attached hydrogen (secondary N) is 2. The molecule has 2 N–H and O–H groups in total. The number of aliphatic imine (C=N–C) groups is 1. The molecular formula is C21H21N5O3S. The zero-order chi connectivity index (χ0) is 21.3. The molecule has 8 nitrogen and oxygen atoms in total. The fraction of sp³-hybridized carbons (Fsp3) is 0.190. The Kier molecular flexibility index (Phi) is 5.13. The molecule has 0 aliphatic carbocycles. The first-order chi connectivity index (χ1) is 14.3. The molecule has 1 amide bonds. The van der Waals surface area contributed by atoms with Gasteiger partial charge in [-0.2, -0.15) is 0 Å². The topological polar surface area (TPSA) is 105 Å². The number of aromatic nitrogens is 2. The summed E-state index contributed by atoms with van der Waals surface area (Å²) in [5.74, 6) is 0.785. The van der Waals surface area contributed by atoms with Crippen molar-refractivity contribution in [2.45, 2.75) is 31.3 Å². The Balaban J connectivity index is 1.44. The van der Waals surface area contributed by atoms with Crippen LogP contribution in [-0.2, 0) is 21.4 Å². The van der Waals surface area contributed by atoms with Crippen LogP contribution in [0.15, 0.2) is 70.8 Å². The van der Waals surface area contributed by atoms with Crippen molar-refractivity contribution in [3.63, 3.8) is 0 Å². The third kappa shape index (κ3) is 3.97. The first-order valence-electron chi connectivity index (χ1n) is 9.41. The summed E-state index contributed by atoms with van der Waals surface area (Å²) in [4.78, 5) is 21.2. The van der Waals surface area contributed by atoms with Gasteiger partial charge in [0.2, 0.25) is 5.91 Å². The van der Waals surface area contributed by atoms with Gasteiger partial charge >= 0.3 is 0 Å². The Bertz CT molecular complexity index is 1230. The molecule has 1 aliphatic heterocycles. The third-order valence-corrected chi connectivity index (χ3v) is 6.26. The highest BCUT2D eigenvalue weighted by atomic mass is 32.2. The van der Waals surface area contributed by atoms with Crippen molar-refractivity contribution in [1.82, 2.24) is 14.3 Å². The van der Waals surface area contributed by atoms with E-state index in [1.165, 1.54) is 6.07 Å². The number of benzene rings is 2. The second kappa shape index (κ2) is 7.75. The molecule has 0 spiro atoms.